The number of carbonyl (C=O) groups excluding carboxylic acids is 2. The van der Waals surface area contributed by atoms with Crippen molar-refractivity contribution in [2.45, 2.75) is 32.1 Å². The Morgan fingerprint density at radius 2 is 1.58 bits per heavy atom. The van der Waals surface area contributed by atoms with E-state index in [1.807, 2.05) is 66.4 Å². The fourth-order valence-corrected chi connectivity index (χ4v) is 4.31. The van der Waals surface area contributed by atoms with Crippen LogP contribution in [-0.2, 0) is 5.41 Å². The maximum atomic E-state index is 13.5. The average Bonchev–Trinajstić information content (AvgIpc) is 2.83. The lowest BCUT2D eigenvalue weighted by atomic mass is 9.79. The molecule has 6 heteroatoms. The molecule has 0 saturated carbocycles. The molecule has 2 aromatic carbocycles. The van der Waals surface area contributed by atoms with Crippen molar-refractivity contribution >= 4 is 11.8 Å². The minimum absolute atomic E-state index is 0.0464. The van der Waals surface area contributed by atoms with Gasteiger partial charge in [-0.2, -0.15) is 0 Å². The molecule has 1 saturated heterocycles. The third-order valence-electron chi connectivity index (χ3n) is 6.42. The van der Waals surface area contributed by atoms with E-state index >= 15 is 0 Å². The van der Waals surface area contributed by atoms with E-state index in [9.17, 15) is 9.59 Å². The first-order chi connectivity index (χ1) is 15.8. The zero-order chi connectivity index (χ0) is 23.6. The third-order valence-corrected chi connectivity index (χ3v) is 6.42. The second kappa shape index (κ2) is 9.14. The minimum Gasteiger partial charge on any atom is -0.343 e. The maximum Gasteiger partial charge on any atom is 0.272 e. The zero-order valence-electron chi connectivity index (χ0n) is 19.7. The van der Waals surface area contributed by atoms with Gasteiger partial charge in [-0.3, -0.25) is 9.59 Å². The predicted octanol–water partition coefficient (Wildman–Crippen LogP) is 4.35. The van der Waals surface area contributed by atoms with Gasteiger partial charge in [-0.1, -0.05) is 55.5 Å². The van der Waals surface area contributed by atoms with E-state index in [4.69, 9.17) is 0 Å². The summed E-state index contributed by atoms with van der Waals surface area (Å²) in [6.45, 7) is 5.25. The van der Waals surface area contributed by atoms with Crippen molar-refractivity contribution in [1.82, 2.24) is 19.8 Å². The van der Waals surface area contributed by atoms with Crippen LogP contribution in [0.5, 0.6) is 0 Å². The number of hydrogen-bond acceptors (Lipinski definition) is 4. The van der Waals surface area contributed by atoms with E-state index in [1.54, 1.807) is 20.2 Å². The molecule has 1 aliphatic rings. The summed E-state index contributed by atoms with van der Waals surface area (Å²) in [7, 11) is 3.44. The fraction of sp³-hybridized carbons (Fsp3) is 0.333. The van der Waals surface area contributed by atoms with E-state index in [0.29, 0.717) is 24.6 Å². The Morgan fingerprint density at radius 1 is 0.939 bits per heavy atom. The Morgan fingerprint density at radius 3 is 2.24 bits per heavy atom. The van der Waals surface area contributed by atoms with Gasteiger partial charge in [0.15, 0.2) is 0 Å². The lowest BCUT2D eigenvalue weighted by Crippen LogP contribution is -2.45. The maximum absolute atomic E-state index is 13.5. The molecule has 0 unspecified atom stereocenters. The molecule has 0 radical (unpaired) electrons. The molecular formula is C27H30N4O2. The SMILES string of the molecule is Cc1cc(C(=O)N(C)C)nc(C2(C)CCN(C(=O)c3ccccc3-c3ccccc3)CC2)n1. The predicted molar refractivity (Wildman–Crippen MR) is 129 cm³/mol. The highest BCUT2D eigenvalue weighted by Gasteiger charge is 2.37. The first-order valence-electron chi connectivity index (χ1n) is 11.3. The summed E-state index contributed by atoms with van der Waals surface area (Å²) in [6, 6.07) is 19.5. The summed E-state index contributed by atoms with van der Waals surface area (Å²) >= 11 is 0. The summed E-state index contributed by atoms with van der Waals surface area (Å²) in [6.07, 6.45) is 1.48. The van der Waals surface area contributed by atoms with Crippen molar-refractivity contribution in [2.75, 3.05) is 27.2 Å². The van der Waals surface area contributed by atoms with E-state index in [0.717, 1.165) is 35.2 Å². The number of nitrogens with zero attached hydrogens (tertiary/aromatic N) is 4. The Bertz CT molecular complexity index is 1170. The normalized spacial score (nSPS) is 15.2. The van der Waals surface area contributed by atoms with Crippen molar-refractivity contribution in [2.24, 2.45) is 0 Å². The number of likely N-dealkylation sites (tertiary alicyclic amines) is 1. The van der Waals surface area contributed by atoms with Gasteiger partial charge >= 0.3 is 0 Å². The van der Waals surface area contributed by atoms with Crippen LogP contribution in [-0.4, -0.2) is 58.8 Å². The summed E-state index contributed by atoms with van der Waals surface area (Å²) in [5.41, 5.74) is 3.61. The molecule has 6 nitrogen and oxygen atoms in total. The van der Waals surface area contributed by atoms with Crippen LogP contribution in [0.4, 0.5) is 0 Å². The summed E-state index contributed by atoms with van der Waals surface area (Å²) < 4.78 is 0. The molecular weight excluding hydrogens is 412 g/mol. The van der Waals surface area contributed by atoms with Crippen LogP contribution in [0.25, 0.3) is 11.1 Å². The van der Waals surface area contributed by atoms with Crippen LogP contribution >= 0.6 is 0 Å². The van der Waals surface area contributed by atoms with Crippen molar-refractivity contribution in [3.8, 4) is 11.1 Å². The summed E-state index contributed by atoms with van der Waals surface area (Å²) in [5, 5.41) is 0. The Balaban J connectivity index is 1.54. The molecule has 170 valence electrons. The molecule has 0 spiro atoms. The molecule has 2 amide bonds. The lowest BCUT2D eigenvalue weighted by molar-refractivity contribution is 0.0671. The van der Waals surface area contributed by atoms with Gasteiger partial charge in [0.2, 0.25) is 0 Å². The highest BCUT2D eigenvalue weighted by atomic mass is 16.2. The molecule has 0 bridgehead atoms. The Labute approximate surface area is 195 Å². The molecule has 0 atom stereocenters. The molecule has 1 aromatic heterocycles. The monoisotopic (exact) mass is 442 g/mol. The van der Waals surface area contributed by atoms with E-state index < -0.39 is 0 Å². The zero-order valence-corrected chi connectivity index (χ0v) is 19.7. The topological polar surface area (TPSA) is 66.4 Å². The highest BCUT2D eigenvalue weighted by Crippen LogP contribution is 2.34. The molecule has 0 aliphatic carbocycles. The van der Waals surface area contributed by atoms with Crippen molar-refractivity contribution in [3.05, 3.63) is 83.4 Å². The molecule has 2 heterocycles. The Kier molecular flexibility index (Phi) is 6.27. The molecule has 3 aromatic rings. The average molecular weight is 443 g/mol. The van der Waals surface area contributed by atoms with Gasteiger partial charge in [-0.05, 0) is 43.0 Å². The van der Waals surface area contributed by atoms with Gasteiger partial charge < -0.3 is 9.80 Å². The van der Waals surface area contributed by atoms with Crippen LogP contribution in [0, 0.1) is 6.92 Å². The molecule has 33 heavy (non-hydrogen) atoms. The molecule has 0 N–H and O–H groups in total. The third kappa shape index (κ3) is 4.65. The van der Waals surface area contributed by atoms with Crippen molar-refractivity contribution in [3.63, 3.8) is 0 Å². The minimum atomic E-state index is -0.289. The second-order valence-corrected chi connectivity index (χ2v) is 9.18. The van der Waals surface area contributed by atoms with Gasteiger partial charge in [0.25, 0.3) is 11.8 Å². The number of aromatic nitrogens is 2. The summed E-state index contributed by atoms with van der Waals surface area (Å²) in [5.74, 6) is 0.602. The molecule has 4 rings (SSSR count). The summed E-state index contributed by atoms with van der Waals surface area (Å²) in [4.78, 5) is 38.7. The first-order valence-corrected chi connectivity index (χ1v) is 11.3. The van der Waals surface area contributed by atoms with Crippen molar-refractivity contribution in [1.29, 1.82) is 0 Å². The van der Waals surface area contributed by atoms with Crippen LogP contribution in [0.15, 0.2) is 60.7 Å². The number of benzene rings is 2. The van der Waals surface area contributed by atoms with E-state index in [2.05, 4.69) is 16.9 Å². The standard InChI is InChI=1S/C27H30N4O2/c1-19-18-23(25(33)30(3)4)29-26(28-19)27(2)14-16-31(17-15-27)24(32)22-13-9-8-12-21(22)20-10-6-5-7-11-20/h5-13,18H,14-17H2,1-4H3. The van der Waals surface area contributed by atoms with Crippen LogP contribution < -0.4 is 0 Å². The number of carbonyl (C=O) groups is 2. The number of rotatable bonds is 4. The van der Waals surface area contributed by atoms with Gasteiger partial charge in [0.05, 0.1) is 0 Å². The van der Waals surface area contributed by atoms with Crippen LogP contribution in [0.2, 0.25) is 0 Å². The van der Waals surface area contributed by atoms with Gasteiger partial charge in [-0.15, -0.1) is 0 Å². The smallest absolute Gasteiger partial charge is 0.272 e. The number of piperidine rings is 1. The first kappa shape index (κ1) is 22.6. The number of hydrogen-bond donors (Lipinski definition) is 0. The lowest BCUT2D eigenvalue weighted by Gasteiger charge is -2.38. The van der Waals surface area contributed by atoms with Gasteiger partial charge in [0, 0.05) is 43.9 Å². The Hall–Kier alpha value is -3.54. The second-order valence-electron chi connectivity index (χ2n) is 9.18. The van der Waals surface area contributed by atoms with E-state index in [1.165, 1.54) is 4.90 Å². The molecule has 1 fully saturated rings. The van der Waals surface area contributed by atoms with Crippen LogP contribution in [0.3, 0.4) is 0 Å². The van der Waals surface area contributed by atoms with E-state index in [-0.39, 0.29) is 17.2 Å². The van der Waals surface area contributed by atoms with Gasteiger partial charge in [0.1, 0.15) is 11.5 Å². The van der Waals surface area contributed by atoms with Crippen LogP contribution in [0.1, 0.15) is 52.1 Å². The number of aryl methyl sites for hydroxylation is 1. The quantitative estimate of drug-likeness (QED) is 0.603. The highest BCUT2D eigenvalue weighted by molar-refractivity contribution is 6.01. The molecule has 1 aliphatic heterocycles. The fourth-order valence-electron chi connectivity index (χ4n) is 4.31. The largest absolute Gasteiger partial charge is 0.343 e. The van der Waals surface area contributed by atoms with Crippen molar-refractivity contribution < 1.29 is 9.59 Å². The van der Waals surface area contributed by atoms with Gasteiger partial charge in [-0.25, -0.2) is 9.97 Å². The number of amides is 2.